The van der Waals surface area contributed by atoms with Gasteiger partial charge in [-0.15, -0.1) is 0 Å². The lowest BCUT2D eigenvalue weighted by Gasteiger charge is -2.26. The fourth-order valence-corrected chi connectivity index (χ4v) is 7.08. The molecular weight excluding hydrogens is 579 g/mol. The first-order chi connectivity index (χ1) is 23.5. The van der Waals surface area contributed by atoms with E-state index in [-0.39, 0.29) is 5.41 Å². The van der Waals surface area contributed by atoms with E-state index in [0.29, 0.717) is 0 Å². The maximum absolute atomic E-state index is 2.35. The maximum atomic E-state index is 2.35. The molecule has 0 saturated heterocycles. The van der Waals surface area contributed by atoms with Gasteiger partial charge in [0.05, 0.1) is 0 Å². The molecule has 0 N–H and O–H groups in total. The van der Waals surface area contributed by atoms with Crippen LogP contribution in [-0.4, -0.2) is 0 Å². The van der Waals surface area contributed by atoms with Crippen LogP contribution in [0.15, 0.2) is 182 Å². The normalized spacial score (nSPS) is 13.1. The summed E-state index contributed by atoms with van der Waals surface area (Å²) in [6, 6.07) is 65.6. The minimum atomic E-state index is -0.0121. The van der Waals surface area contributed by atoms with Crippen LogP contribution in [0.5, 0.6) is 0 Å². The zero-order valence-electron chi connectivity index (χ0n) is 27.3. The van der Waals surface area contributed by atoms with Crippen LogP contribution in [0.25, 0.3) is 45.0 Å². The lowest BCUT2D eigenvalue weighted by molar-refractivity contribution is 0.704. The van der Waals surface area contributed by atoms with Crippen LogP contribution in [0, 0.1) is 0 Å². The smallest absolute Gasteiger partial charge is 0.0462 e. The van der Waals surface area contributed by atoms with Gasteiger partial charge in [-0.05, 0) is 98.1 Å². The largest absolute Gasteiger partial charge is 0.311 e. The third-order valence-corrected chi connectivity index (χ3v) is 9.73. The number of rotatable bonds is 7. The van der Waals surface area contributed by atoms with Gasteiger partial charge in [-0.3, -0.25) is 0 Å². The number of hydrogen-bond donors (Lipinski definition) is 0. The van der Waals surface area contributed by atoms with Crippen molar-refractivity contribution >= 4 is 28.7 Å². The Bertz CT molecular complexity index is 2110. The molecule has 48 heavy (non-hydrogen) atoms. The van der Waals surface area contributed by atoms with Crippen molar-refractivity contribution in [2.75, 3.05) is 4.90 Å². The highest BCUT2D eigenvalue weighted by Gasteiger charge is 2.33. The number of benzene rings is 7. The number of hydrogen-bond acceptors (Lipinski definition) is 1. The Balaban J connectivity index is 1.10. The fraction of sp³-hybridized carbons (Fsp3) is 0.0638. The molecule has 7 aromatic rings. The summed E-state index contributed by atoms with van der Waals surface area (Å²) in [6.45, 7) is 4.65. The molecule has 0 aromatic heterocycles. The molecule has 0 heterocycles. The van der Waals surface area contributed by atoms with Gasteiger partial charge in [-0.2, -0.15) is 0 Å². The van der Waals surface area contributed by atoms with E-state index in [2.05, 4.69) is 207 Å². The molecule has 0 aliphatic heterocycles. The number of fused-ring (bicyclic) bond motifs is 1. The number of allylic oxidation sites excluding steroid dienone is 1. The summed E-state index contributed by atoms with van der Waals surface area (Å²) in [4.78, 5) is 2.34. The van der Waals surface area contributed by atoms with Crippen molar-refractivity contribution in [3.8, 4) is 33.4 Å². The van der Waals surface area contributed by atoms with Gasteiger partial charge in [0, 0.05) is 22.5 Å². The van der Waals surface area contributed by atoms with Crippen LogP contribution in [0.2, 0.25) is 0 Å². The van der Waals surface area contributed by atoms with Gasteiger partial charge in [-0.1, -0.05) is 159 Å². The molecule has 0 amide bonds. The molecule has 1 nitrogen and oxygen atoms in total. The third-order valence-electron chi connectivity index (χ3n) is 9.73. The van der Waals surface area contributed by atoms with E-state index in [9.17, 15) is 0 Å². The second kappa shape index (κ2) is 12.4. The maximum Gasteiger partial charge on any atom is 0.0462 e. The summed E-state index contributed by atoms with van der Waals surface area (Å²) >= 11 is 0. The highest BCUT2D eigenvalue weighted by atomic mass is 15.1. The quantitative estimate of drug-likeness (QED) is 0.172. The van der Waals surface area contributed by atoms with E-state index in [1.807, 2.05) is 0 Å². The molecule has 1 aliphatic carbocycles. The minimum absolute atomic E-state index is 0.0121. The van der Waals surface area contributed by atoms with Gasteiger partial charge in [-0.25, -0.2) is 0 Å². The molecule has 8 rings (SSSR count). The van der Waals surface area contributed by atoms with Crippen LogP contribution in [-0.2, 0) is 5.41 Å². The summed E-state index contributed by atoms with van der Waals surface area (Å²) in [7, 11) is 0. The van der Waals surface area contributed by atoms with E-state index in [1.54, 1.807) is 0 Å². The summed E-state index contributed by atoms with van der Waals surface area (Å²) in [5, 5.41) is 0. The Hall–Kier alpha value is -5.92. The monoisotopic (exact) mass is 615 g/mol. The van der Waals surface area contributed by atoms with Crippen molar-refractivity contribution in [3.05, 3.63) is 199 Å². The van der Waals surface area contributed by atoms with Crippen LogP contribution >= 0.6 is 0 Å². The lowest BCUT2D eigenvalue weighted by Crippen LogP contribution is -2.16. The fourth-order valence-electron chi connectivity index (χ4n) is 7.08. The molecule has 0 atom stereocenters. The highest BCUT2D eigenvalue weighted by Crippen LogP contribution is 2.46. The topological polar surface area (TPSA) is 3.24 Å². The summed E-state index contributed by atoms with van der Waals surface area (Å²) in [5.41, 5.74) is 16.0. The Morgan fingerprint density at radius 2 is 0.667 bits per heavy atom. The molecule has 230 valence electrons. The van der Waals surface area contributed by atoms with Crippen LogP contribution in [0.3, 0.4) is 0 Å². The van der Waals surface area contributed by atoms with E-state index < -0.39 is 0 Å². The standard InChI is InChI=1S/C47H37N/c1-47(2)45-16-10-9-15-41(45)33-46(47)40-19-17-36(18-20-40)39-25-31-44(32-26-39)48(42-27-21-37(22-28-42)34-11-5-3-6-12-34)43-29-23-38(24-30-43)35-13-7-4-8-14-35/h3-33H,1-2H3. The SMILES string of the molecule is CC1(C)C(c2ccc(-c3ccc(N(c4ccc(-c5ccccc5)cc4)c4ccc(-c5ccccc5)cc4)cc3)cc2)=Cc2ccccc21. The van der Waals surface area contributed by atoms with Crippen LogP contribution in [0.4, 0.5) is 17.1 Å². The lowest BCUT2D eigenvalue weighted by atomic mass is 9.78. The summed E-state index contributed by atoms with van der Waals surface area (Å²) < 4.78 is 0. The first kappa shape index (κ1) is 29.5. The second-order valence-corrected chi connectivity index (χ2v) is 13.1. The molecule has 0 unspecified atom stereocenters. The molecule has 1 aliphatic rings. The zero-order chi connectivity index (χ0) is 32.5. The van der Waals surface area contributed by atoms with Gasteiger partial charge in [0.1, 0.15) is 0 Å². The van der Waals surface area contributed by atoms with Crippen molar-refractivity contribution in [2.45, 2.75) is 19.3 Å². The van der Waals surface area contributed by atoms with Crippen LogP contribution in [0.1, 0.15) is 30.5 Å². The van der Waals surface area contributed by atoms with E-state index in [1.165, 1.54) is 55.6 Å². The summed E-state index contributed by atoms with van der Waals surface area (Å²) in [5.74, 6) is 0. The van der Waals surface area contributed by atoms with Gasteiger partial charge >= 0.3 is 0 Å². The second-order valence-electron chi connectivity index (χ2n) is 13.1. The van der Waals surface area contributed by atoms with Crippen LogP contribution < -0.4 is 4.90 Å². The average molecular weight is 616 g/mol. The summed E-state index contributed by atoms with van der Waals surface area (Å²) in [6.07, 6.45) is 2.35. The Kier molecular flexibility index (Phi) is 7.59. The molecule has 7 aromatic carbocycles. The van der Waals surface area contributed by atoms with Crippen molar-refractivity contribution < 1.29 is 0 Å². The van der Waals surface area contributed by atoms with E-state index in [0.717, 1.165) is 17.1 Å². The van der Waals surface area contributed by atoms with Gasteiger partial charge in [0.2, 0.25) is 0 Å². The molecule has 0 radical (unpaired) electrons. The average Bonchev–Trinajstić information content (AvgIpc) is 3.43. The first-order valence-electron chi connectivity index (χ1n) is 16.7. The third kappa shape index (κ3) is 5.54. The van der Waals surface area contributed by atoms with Crippen molar-refractivity contribution in [1.29, 1.82) is 0 Å². The minimum Gasteiger partial charge on any atom is -0.311 e. The van der Waals surface area contributed by atoms with Crippen molar-refractivity contribution in [2.24, 2.45) is 0 Å². The van der Waals surface area contributed by atoms with Crippen molar-refractivity contribution in [3.63, 3.8) is 0 Å². The Morgan fingerprint density at radius 3 is 1.08 bits per heavy atom. The van der Waals surface area contributed by atoms with Gasteiger partial charge < -0.3 is 4.90 Å². The molecule has 0 bridgehead atoms. The molecule has 1 heteroatoms. The van der Waals surface area contributed by atoms with Gasteiger partial charge in [0.15, 0.2) is 0 Å². The number of anilines is 3. The predicted octanol–water partition coefficient (Wildman–Crippen LogP) is 13.0. The number of nitrogens with zero attached hydrogens (tertiary/aromatic N) is 1. The first-order valence-corrected chi connectivity index (χ1v) is 16.7. The van der Waals surface area contributed by atoms with E-state index in [4.69, 9.17) is 0 Å². The predicted molar refractivity (Wildman–Crippen MR) is 205 cm³/mol. The van der Waals surface area contributed by atoms with Crippen molar-refractivity contribution in [1.82, 2.24) is 0 Å². The van der Waals surface area contributed by atoms with Gasteiger partial charge in [0.25, 0.3) is 0 Å². The zero-order valence-corrected chi connectivity index (χ0v) is 27.3. The van der Waals surface area contributed by atoms with E-state index >= 15 is 0 Å². The molecule has 0 spiro atoms. The highest BCUT2D eigenvalue weighted by molar-refractivity contribution is 5.94. The Labute approximate surface area is 284 Å². The molecular formula is C47H37N. The molecule has 0 saturated carbocycles. The molecule has 0 fully saturated rings. The Morgan fingerprint density at radius 1 is 0.333 bits per heavy atom.